The number of carboxylic acid groups (broad SMARTS) is 2. The number of carbonyl (C=O) groups is 3. The van der Waals surface area contributed by atoms with E-state index in [9.17, 15) is 29.7 Å². The molecule has 4 N–H and O–H groups in total. The van der Waals surface area contributed by atoms with E-state index in [0.29, 0.717) is 16.7 Å². The van der Waals surface area contributed by atoms with Gasteiger partial charge in [-0.3, -0.25) is 4.79 Å². The molecule has 0 radical (unpaired) electrons. The lowest BCUT2D eigenvalue weighted by Crippen LogP contribution is -2.33. The summed E-state index contributed by atoms with van der Waals surface area (Å²) in [5.74, 6) is -3.20. The maximum atomic E-state index is 13.1. The number of rotatable bonds is 4. The molecule has 3 aromatic rings. The molecular formula is C24H16O9. The lowest BCUT2D eigenvalue weighted by atomic mass is 9.76. The van der Waals surface area contributed by atoms with Crippen LogP contribution in [0, 0.1) is 0 Å². The van der Waals surface area contributed by atoms with Crippen LogP contribution >= 0.6 is 0 Å². The molecule has 33 heavy (non-hydrogen) atoms. The lowest BCUT2D eigenvalue weighted by Gasteiger charge is -2.36. The average molecular weight is 448 g/mol. The van der Waals surface area contributed by atoms with E-state index in [1.807, 2.05) is 0 Å². The number of fused-ring (bicyclic) bond motifs is 6. The van der Waals surface area contributed by atoms with Crippen molar-refractivity contribution in [2.75, 3.05) is 0 Å². The van der Waals surface area contributed by atoms with Crippen molar-refractivity contribution >= 4 is 17.9 Å². The third kappa shape index (κ3) is 2.97. The number of phenols is 2. The number of ether oxygens (including phenoxy) is 2. The van der Waals surface area contributed by atoms with Crippen LogP contribution in [0.3, 0.4) is 0 Å². The van der Waals surface area contributed by atoms with Crippen LogP contribution in [0.5, 0.6) is 23.0 Å². The molecule has 2 aliphatic rings. The Bertz CT molecular complexity index is 1320. The van der Waals surface area contributed by atoms with Gasteiger partial charge in [-0.2, -0.15) is 0 Å². The van der Waals surface area contributed by atoms with Gasteiger partial charge >= 0.3 is 17.9 Å². The van der Waals surface area contributed by atoms with E-state index >= 15 is 0 Å². The molecule has 1 spiro atoms. The van der Waals surface area contributed by atoms with Gasteiger partial charge in [0.2, 0.25) is 0 Å². The molecule has 0 aromatic heterocycles. The number of carboxylic acids is 2. The highest BCUT2D eigenvalue weighted by molar-refractivity contribution is 6.07. The van der Waals surface area contributed by atoms with Crippen molar-refractivity contribution in [2.45, 2.75) is 18.4 Å². The molecule has 2 heterocycles. The normalized spacial score (nSPS) is 14.6. The van der Waals surface area contributed by atoms with Gasteiger partial charge in [-0.05, 0) is 42.3 Å². The van der Waals surface area contributed by atoms with Crippen LogP contribution < -0.4 is 4.74 Å². The minimum atomic E-state index is -1.62. The highest BCUT2D eigenvalue weighted by Gasteiger charge is 2.55. The second kappa shape index (κ2) is 6.99. The predicted octanol–water partition coefficient (Wildman–Crippen LogP) is 3.38. The highest BCUT2D eigenvalue weighted by atomic mass is 16.6. The van der Waals surface area contributed by atoms with E-state index in [1.54, 1.807) is 6.07 Å². The molecule has 0 saturated heterocycles. The molecule has 0 aliphatic carbocycles. The lowest BCUT2D eigenvalue weighted by molar-refractivity contribution is -0.136. The van der Waals surface area contributed by atoms with Crippen LogP contribution in [0.2, 0.25) is 0 Å². The summed E-state index contributed by atoms with van der Waals surface area (Å²) in [7, 11) is 0. The van der Waals surface area contributed by atoms with Gasteiger partial charge in [0, 0.05) is 35.2 Å². The first kappa shape index (κ1) is 20.4. The Kier molecular flexibility index (Phi) is 4.32. The Morgan fingerprint density at radius 2 is 1.45 bits per heavy atom. The minimum Gasteiger partial charge on any atom is -0.508 e. The number of carbonyl (C=O) groups excluding carboxylic acids is 1. The predicted molar refractivity (Wildman–Crippen MR) is 111 cm³/mol. The van der Waals surface area contributed by atoms with Crippen LogP contribution in [0.25, 0.3) is 0 Å². The number of aromatic carboxylic acids is 1. The first-order valence-corrected chi connectivity index (χ1v) is 9.91. The number of hydrogen-bond acceptors (Lipinski definition) is 7. The molecule has 0 atom stereocenters. The van der Waals surface area contributed by atoms with Crippen molar-refractivity contribution < 1.29 is 44.3 Å². The molecule has 3 aromatic carbocycles. The van der Waals surface area contributed by atoms with Gasteiger partial charge in [0.15, 0.2) is 5.60 Å². The fraction of sp³-hybridized carbons (Fsp3) is 0.125. The quantitative estimate of drug-likeness (QED) is 0.440. The van der Waals surface area contributed by atoms with E-state index < -0.39 is 23.5 Å². The monoisotopic (exact) mass is 448 g/mol. The summed E-state index contributed by atoms with van der Waals surface area (Å²) in [4.78, 5) is 36.2. The number of esters is 1. The Morgan fingerprint density at radius 1 is 0.848 bits per heavy atom. The van der Waals surface area contributed by atoms with Gasteiger partial charge in [-0.15, -0.1) is 0 Å². The molecule has 0 amide bonds. The van der Waals surface area contributed by atoms with Crippen molar-refractivity contribution in [1.82, 2.24) is 0 Å². The maximum absolute atomic E-state index is 13.1. The summed E-state index contributed by atoms with van der Waals surface area (Å²) in [6, 6.07) is 11.3. The zero-order valence-electron chi connectivity index (χ0n) is 16.9. The summed E-state index contributed by atoms with van der Waals surface area (Å²) in [6.07, 6.45) is -0.202. The van der Waals surface area contributed by atoms with Crippen LogP contribution in [0.4, 0.5) is 0 Å². The molecule has 166 valence electrons. The Morgan fingerprint density at radius 3 is 2.00 bits per heavy atom. The van der Waals surface area contributed by atoms with Crippen molar-refractivity contribution in [3.63, 3.8) is 0 Å². The maximum Gasteiger partial charge on any atom is 0.341 e. The van der Waals surface area contributed by atoms with E-state index in [2.05, 4.69) is 0 Å². The first-order valence-electron chi connectivity index (χ1n) is 9.91. The second-order valence-corrected chi connectivity index (χ2v) is 7.80. The van der Waals surface area contributed by atoms with Gasteiger partial charge in [0.25, 0.3) is 0 Å². The molecule has 9 heteroatoms. The van der Waals surface area contributed by atoms with E-state index in [-0.39, 0.29) is 52.5 Å². The molecule has 9 nitrogen and oxygen atoms in total. The molecule has 2 aliphatic heterocycles. The fourth-order valence-electron chi connectivity index (χ4n) is 4.45. The van der Waals surface area contributed by atoms with Crippen molar-refractivity contribution in [3.8, 4) is 23.0 Å². The van der Waals surface area contributed by atoms with Crippen molar-refractivity contribution in [1.29, 1.82) is 0 Å². The smallest absolute Gasteiger partial charge is 0.341 e. The number of phenolic OH excluding ortho intramolecular Hbond substituents is 2. The zero-order chi connectivity index (χ0) is 23.5. The Balaban J connectivity index is 1.86. The van der Waals surface area contributed by atoms with Crippen LogP contribution in [0.1, 0.15) is 49.4 Å². The fourth-order valence-corrected chi connectivity index (χ4v) is 4.45. The number of benzene rings is 3. The topological polar surface area (TPSA) is 151 Å². The molecule has 0 fully saturated rings. The van der Waals surface area contributed by atoms with Gasteiger partial charge < -0.3 is 29.9 Å². The van der Waals surface area contributed by atoms with Crippen LogP contribution in [0.15, 0.2) is 48.5 Å². The van der Waals surface area contributed by atoms with Crippen molar-refractivity contribution in [3.05, 3.63) is 81.9 Å². The van der Waals surface area contributed by atoms with Crippen LogP contribution in [-0.2, 0) is 21.6 Å². The number of aliphatic carboxylic acids is 1. The van der Waals surface area contributed by atoms with Gasteiger partial charge in [0.1, 0.15) is 23.0 Å². The molecule has 0 unspecified atom stereocenters. The van der Waals surface area contributed by atoms with E-state index in [4.69, 9.17) is 14.6 Å². The third-order valence-corrected chi connectivity index (χ3v) is 5.79. The minimum absolute atomic E-state index is 0.0362. The Hall–Kier alpha value is -4.53. The molecule has 0 saturated carbocycles. The molecule has 5 rings (SSSR count). The second-order valence-electron chi connectivity index (χ2n) is 7.80. The van der Waals surface area contributed by atoms with Crippen LogP contribution in [-0.4, -0.2) is 38.3 Å². The highest BCUT2D eigenvalue weighted by Crippen LogP contribution is 2.57. The largest absolute Gasteiger partial charge is 0.508 e. The van der Waals surface area contributed by atoms with Gasteiger partial charge in [-0.25, -0.2) is 9.59 Å². The van der Waals surface area contributed by atoms with Crippen molar-refractivity contribution in [2.24, 2.45) is 0 Å². The summed E-state index contributed by atoms with van der Waals surface area (Å²) in [5.41, 5.74) is -0.772. The first-order chi connectivity index (χ1) is 15.7. The standard InChI is InChI=1S/C24H16O9/c25-12-2-4-15-18(9-12)32-19-10-13(26)3-5-16(19)24(15)17-8-11(1-6-20(27)28)7-14(22(29)30)21(17)23(31)33-24/h2-5,7-10,25-26H,1,6H2,(H,27,28)(H,29,30). The molecule has 0 bridgehead atoms. The Labute approximate surface area is 186 Å². The summed E-state index contributed by atoms with van der Waals surface area (Å²) in [6.45, 7) is 0. The number of aryl methyl sites for hydroxylation is 1. The van der Waals surface area contributed by atoms with Gasteiger partial charge in [0.05, 0.1) is 11.1 Å². The zero-order valence-corrected chi connectivity index (χ0v) is 16.9. The molecular weight excluding hydrogens is 432 g/mol. The number of aromatic hydroxyl groups is 2. The van der Waals surface area contributed by atoms with E-state index in [1.165, 1.54) is 42.5 Å². The third-order valence-electron chi connectivity index (χ3n) is 5.79. The summed E-state index contributed by atoms with van der Waals surface area (Å²) >= 11 is 0. The van der Waals surface area contributed by atoms with E-state index in [0.717, 1.165) is 0 Å². The van der Waals surface area contributed by atoms with Gasteiger partial charge in [-0.1, -0.05) is 6.07 Å². The summed E-state index contributed by atoms with van der Waals surface area (Å²) < 4.78 is 11.8. The average Bonchev–Trinajstić information content (AvgIpc) is 3.04. The summed E-state index contributed by atoms with van der Waals surface area (Å²) in [5, 5.41) is 38.9. The number of hydrogen-bond donors (Lipinski definition) is 4. The SMILES string of the molecule is O=C(O)CCc1cc(C(=O)O)c2c(c1)C1(OC2=O)c2ccc(O)cc2Oc2cc(O)ccc21.